The first-order valence-corrected chi connectivity index (χ1v) is 8.13. The van der Waals surface area contributed by atoms with Crippen molar-refractivity contribution in [2.24, 2.45) is 17.8 Å². The predicted octanol–water partition coefficient (Wildman–Crippen LogP) is 2.72. The minimum atomic E-state index is 0.515. The van der Waals surface area contributed by atoms with E-state index in [1.165, 1.54) is 25.7 Å². The van der Waals surface area contributed by atoms with Gasteiger partial charge in [-0.25, -0.2) is 4.98 Å². The van der Waals surface area contributed by atoms with E-state index >= 15 is 0 Å². The average molecular weight is 290 g/mol. The Morgan fingerprint density at radius 2 is 2.19 bits per heavy atom. The molecule has 3 atom stereocenters. The third-order valence-electron chi connectivity index (χ3n) is 5.02. The average Bonchev–Trinajstić information content (AvgIpc) is 3.08. The van der Waals surface area contributed by atoms with Gasteiger partial charge < -0.3 is 15.4 Å². The molecule has 0 spiro atoms. The molecule has 0 radical (unpaired) electrons. The highest BCUT2D eigenvalue weighted by atomic mass is 16.5. The SMILES string of the molecule is CCCOc1ncnc(N(C)CC2CC3CCC2C3)c1N. The molecule has 2 bridgehead atoms. The van der Waals surface area contributed by atoms with Gasteiger partial charge >= 0.3 is 0 Å². The van der Waals surface area contributed by atoms with Crippen LogP contribution < -0.4 is 15.4 Å². The maximum absolute atomic E-state index is 6.18. The molecule has 2 saturated carbocycles. The van der Waals surface area contributed by atoms with E-state index in [9.17, 15) is 0 Å². The maximum atomic E-state index is 6.18. The van der Waals surface area contributed by atoms with Crippen LogP contribution in [0.4, 0.5) is 11.5 Å². The van der Waals surface area contributed by atoms with Crippen LogP contribution in [0.15, 0.2) is 6.33 Å². The Morgan fingerprint density at radius 3 is 2.86 bits per heavy atom. The van der Waals surface area contributed by atoms with E-state index in [2.05, 4.69) is 28.8 Å². The fourth-order valence-corrected chi connectivity index (χ4v) is 4.03. The number of hydrogen-bond acceptors (Lipinski definition) is 5. The van der Waals surface area contributed by atoms with E-state index in [0.29, 0.717) is 18.2 Å². The lowest BCUT2D eigenvalue weighted by Crippen LogP contribution is -2.30. The third-order valence-corrected chi connectivity index (χ3v) is 5.02. The quantitative estimate of drug-likeness (QED) is 0.872. The maximum Gasteiger partial charge on any atom is 0.242 e. The molecular formula is C16H26N4O. The van der Waals surface area contributed by atoms with Gasteiger partial charge in [0.1, 0.15) is 12.0 Å². The lowest BCUT2D eigenvalue weighted by atomic mass is 9.88. The Balaban J connectivity index is 1.68. The van der Waals surface area contributed by atoms with Gasteiger partial charge in [-0.15, -0.1) is 0 Å². The molecule has 2 aliphatic carbocycles. The zero-order valence-electron chi connectivity index (χ0n) is 13.1. The second kappa shape index (κ2) is 6.08. The van der Waals surface area contributed by atoms with Gasteiger partial charge in [0.25, 0.3) is 0 Å². The minimum absolute atomic E-state index is 0.515. The molecule has 5 heteroatoms. The van der Waals surface area contributed by atoms with Gasteiger partial charge in [0.15, 0.2) is 5.82 Å². The summed E-state index contributed by atoms with van der Waals surface area (Å²) in [7, 11) is 2.08. The number of nitrogens with zero attached hydrogens (tertiary/aromatic N) is 3. The molecule has 1 heterocycles. The molecule has 0 aromatic carbocycles. The van der Waals surface area contributed by atoms with E-state index in [1.807, 2.05) is 0 Å². The van der Waals surface area contributed by atoms with Gasteiger partial charge in [-0.05, 0) is 43.4 Å². The summed E-state index contributed by atoms with van der Waals surface area (Å²) in [6, 6.07) is 0. The largest absolute Gasteiger partial charge is 0.476 e. The molecule has 2 fully saturated rings. The molecular weight excluding hydrogens is 264 g/mol. The number of hydrogen-bond donors (Lipinski definition) is 1. The van der Waals surface area contributed by atoms with Crippen LogP contribution in [-0.4, -0.2) is 30.2 Å². The van der Waals surface area contributed by atoms with Gasteiger partial charge in [-0.1, -0.05) is 13.3 Å². The van der Waals surface area contributed by atoms with Crippen molar-refractivity contribution in [1.29, 1.82) is 0 Å². The van der Waals surface area contributed by atoms with Crippen LogP contribution in [0, 0.1) is 17.8 Å². The van der Waals surface area contributed by atoms with Crippen molar-refractivity contribution in [2.45, 2.75) is 39.0 Å². The molecule has 5 nitrogen and oxygen atoms in total. The highest BCUT2D eigenvalue weighted by Gasteiger charge is 2.39. The molecule has 2 N–H and O–H groups in total. The van der Waals surface area contributed by atoms with E-state index < -0.39 is 0 Å². The molecule has 0 amide bonds. The second-order valence-electron chi connectivity index (χ2n) is 6.58. The van der Waals surface area contributed by atoms with Gasteiger partial charge in [0, 0.05) is 13.6 Å². The fourth-order valence-electron chi connectivity index (χ4n) is 4.03. The van der Waals surface area contributed by atoms with Crippen LogP contribution in [-0.2, 0) is 0 Å². The number of rotatable bonds is 6. The van der Waals surface area contributed by atoms with Crippen molar-refractivity contribution in [2.75, 3.05) is 30.8 Å². The zero-order chi connectivity index (χ0) is 14.8. The van der Waals surface area contributed by atoms with Crippen molar-refractivity contribution in [3.05, 3.63) is 6.33 Å². The molecule has 21 heavy (non-hydrogen) atoms. The summed E-state index contributed by atoms with van der Waals surface area (Å²) in [4.78, 5) is 10.7. The monoisotopic (exact) mass is 290 g/mol. The Bertz CT molecular complexity index is 493. The van der Waals surface area contributed by atoms with Crippen LogP contribution in [0.5, 0.6) is 5.88 Å². The number of ether oxygens (including phenoxy) is 1. The lowest BCUT2D eigenvalue weighted by Gasteiger charge is -2.28. The summed E-state index contributed by atoms with van der Waals surface area (Å²) < 4.78 is 5.59. The van der Waals surface area contributed by atoms with Crippen LogP contribution in [0.1, 0.15) is 39.0 Å². The Morgan fingerprint density at radius 1 is 1.33 bits per heavy atom. The lowest BCUT2D eigenvalue weighted by molar-refractivity contribution is 0.306. The first-order valence-electron chi connectivity index (χ1n) is 8.13. The summed E-state index contributed by atoms with van der Waals surface area (Å²) in [5, 5.41) is 0. The normalized spacial score (nSPS) is 27.0. The summed E-state index contributed by atoms with van der Waals surface area (Å²) in [5.74, 6) is 4.00. The molecule has 1 aromatic rings. The highest BCUT2D eigenvalue weighted by molar-refractivity contribution is 5.67. The Hall–Kier alpha value is -1.52. The van der Waals surface area contributed by atoms with E-state index in [-0.39, 0.29) is 0 Å². The number of aromatic nitrogens is 2. The van der Waals surface area contributed by atoms with E-state index in [0.717, 1.165) is 36.5 Å². The molecule has 116 valence electrons. The van der Waals surface area contributed by atoms with E-state index in [4.69, 9.17) is 10.5 Å². The molecule has 1 aromatic heterocycles. The summed E-state index contributed by atoms with van der Waals surface area (Å²) in [6.45, 7) is 3.74. The smallest absolute Gasteiger partial charge is 0.242 e. The molecule has 2 aliphatic rings. The minimum Gasteiger partial charge on any atom is -0.476 e. The highest BCUT2D eigenvalue weighted by Crippen LogP contribution is 2.48. The van der Waals surface area contributed by atoms with Crippen LogP contribution in [0.3, 0.4) is 0 Å². The number of fused-ring (bicyclic) bond motifs is 2. The Labute approximate surface area is 126 Å². The van der Waals surface area contributed by atoms with Crippen molar-refractivity contribution >= 4 is 11.5 Å². The molecule has 0 aliphatic heterocycles. The van der Waals surface area contributed by atoms with Gasteiger partial charge in [0.2, 0.25) is 5.88 Å². The van der Waals surface area contributed by atoms with Gasteiger partial charge in [0.05, 0.1) is 6.61 Å². The zero-order valence-corrected chi connectivity index (χ0v) is 13.1. The van der Waals surface area contributed by atoms with Crippen molar-refractivity contribution in [3.8, 4) is 5.88 Å². The number of nitrogen functional groups attached to an aromatic ring is 1. The number of anilines is 2. The molecule has 3 unspecified atom stereocenters. The molecule has 3 rings (SSSR count). The van der Waals surface area contributed by atoms with Crippen LogP contribution >= 0.6 is 0 Å². The van der Waals surface area contributed by atoms with Crippen molar-refractivity contribution in [1.82, 2.24) is 9.97 Å². The fraction of sp³-hybridized carbons (Fsp3) is 0.750. The van der Waals surface area contributed by atoms with Crippen molar-refractivity contribution in [3.63, 3.8) is 0 Å². The first kappa shape index (κ1) is 14.4. The van der Waals surface area contributed by atoms with Gasteiger partial charge in [-0.3, -0.25) is 0 Å². The standard InChI is InChI=1S/C16H26N4O/c1-3-6-21-16-14(17)15(18-10-19-16)20(2)9-13-8-11-4-5-12(13)7-11/h10-13H,3-9,17H2,1-2H3. The molecule has 0 saturated heterocycles. The van der Waals surface area contributed by atoms with E-state index in [1.54, 1.807) is 6.33 Å². The summed E-state index contributed by atoms with van der Waals surface area (Å²) in [6.07, 6.45) is 8.15. The van der Waals surface area contributed by atoms with Crippen molar-refractivity contribution < 1.29 is 4.74 Å². The summed E-state index contributed by atoms with van der Waals surface area (Å²) in [5.41, 5.74) is 6.75. The first-order chi connectivity index (χ1) is 10.2. The second-order valence-corrected chi connectivity index (χ2v) is 6.58. The topological polar surface area (TPSA) is 64.3 Å². The predicted molar refractivity (Wildman–Crippen MR) is 84.4 cm³/mol. The van der Waals surface area contributed by atoms with Crippen LogP contribution in [0.2, 0.25) is 0 Å². The summed E-state index contributed by atoms with van der Waals surface area (Å²) >= 11 is 0. The van der Waals surface area contributed by atoms with Gasteiger partial charge in [-0.2, -0.15) is 4.98 Å². The third kappa shape index (κ3) is 2.92. The Kier molecular flexibility index (Phi) is 4.17. The number of nitrogens with two attached hydrogens (primary N) is 1. The van der Waals surface area contributed by atoms with Crippen LogP contribution in [0.25, 0.3) is 0 Å².